The maximum Gasteiger partial charge on any atom is 0.219 e. The van der Waals surface area contributed by atoms with Crippen LogP contribution >= 0.6 is 0 Å². The predicted octanol–water partition coefficient (Wildman–Crippen LogP) is 1.25. The third kappa shape index (κ3) is 3.58. The van der Waals surface area contributed by atoms with E-state index in [1.165, 1.54) is 6.33 Å². The summed E-state index contributed by atoms with van der Waals surface area (Å²) in [6.45, 7) is 7.81. The van der Waals surface area contributed by atoms with Gasteiger partial charge in [0, 0.05) is 17.5 Å². The lowest BCUT2D eigenvalue weighted by Crippen LogP contribution is -2.36. The second kappa shape index (κ2) is 5.20. The van der Waals surface area contributed by atoms with Gasteiger partial charge in [-0.1, -0.05) is 13.8 Å². The lowest BCUT2D eigenvalue weighted by Gasteiger charge is -2.27. The van der Waals surface area contributed by atoms with Crippen LogP contribution in [0.15, 0.2) is 6.33 Å². The van der Waals surface area contributed by atoms with Gasteiger partial charge in [-0.25, -0.2) is 9.97 Å². The molecule has 0 aliphatic heterocycles. The molecular formula is C12H21N5O. The van der Waals surface area contributed by atoms with Crippen LogP contribution in [0.4, 0.5) is 11.6 Å². The van der Waals surface area contributed by atoms with Crippen LogP contribution in [0.3, 0.4) is 0 Å². The Hall–Kier alpha value is -1.85. The summed E-state index contributed by atoms with van der Waals surface area (Å²) in [5, 5.41) is 3.21. The Balaban J connectivity index is 3.04. The van der Waals surface area contributed by atoms with E-state index in [9.17, 15) is 4.79 Å². The van der Waals surface area contributed by atoms with Crippen molar-refractivity contribution in [2.75, 3.05) is 11.1 Å². The van der Waals surface area contributed by atoms with E-state index in [1.807, 2.05) is 27.7 Å². The second-order valence-electron chi connectivity index (χ2n) is 5.33. The molecule has 0 saturated carbocycles. The minimum absolute atomic E-state index is 0.193. The first-order valence-electron chi connectivity index (χ1n) is 5.90. The van der Waals surface area contributed by atoms with Crippen molar-refractivity contribution in [1.29, 1.82) is 0 Å². The summed E-state index contributed by atoms with van der Waals surface area (Å²) in [7, 11) is 0. The van der Waals surface area contributed by atoms with Gasteiger partial charge in [-0.3, -0.25) is 4.79 Å². The SMILES string of the molecule is CC(C)c1c(N)ncnc1NC(C)(C)CC(N)=O. The van der Waals surface area contributed by atoms with Crippen LogP contribution in [0.2, 0.25) is 0 Å². The van der Waals surface area contributed by atoms with Gasteiger partial charge in [0.25, 0.3) is 0 Å². The van der Waals surface area contributed by atoms with Crippen LogP contribution in [0.5, 0.6) is 0 Å². The maximum atomic E-state index is 11.0. The van der Waals surface area contributed by atoms with Crippen molar-refractivity contribution in [1.82, 2.24) is 9.97 Å². The molecule has 0 saturated heterocycles. The molecule has 0 radical (unpaired) electrons. The minimum Gasteiger partial charge on any atom is -0.383 e. The van der Waals surface area contributed by atoms with E-state index >= 15 is 0 Å². The summed E-state index contributed by atoms with van der Waals surface area (Å²) in [5.41, 5.74) is 11.5. The van der Waals surface area contributed by atoms with E-state index < -0.39 is 5.54 Å². The van der Waals surface area contributed by atoms with Crippen LogP contribution in [-0.2, 0) is 4.79 Å². The summed E-state index contributed by atoms with van der Waals surface area (Å²) >= 11 is 0. The number of anilines is 2. The van der Waals surface area contributed by atoms with E-state index in [0.717, 1.165) is 5.56 Å². The monoisotopic (exact) mass is 251 g/mol. The number of amides is 1. The number of nitrogen functional groups attached to an aromatic ring is 1. The minimum atomic E-state index is -0.476. The number of aromatic nitrogens is 2. The van der Waals surface area contributed by atoms with Crippen LogP contribution in [0.25, 0.3) is 0 Å². The number of nitrogens with zero attached hydrogens (tertiary/aromatic N) is 2. The highest BCUT2D eigenvalue weighted by Crippen LogP contribution is 2.28. The smallest absolute Gasteiger partial charge is 0.219 e. The number of nitrogens with one attached hydrogen (secondary N) is 1. The van der Waals surface area contributed by atoms with Crippen molar-refractivity contribution in [3.8, 4) is 0 Å². The normalized spacial score (nSPS) is 11.6. The zero-order chi connectivity index (χ0) is 13.9. The Bertz CT molecular complexity index is 442. The van der Waals surface area contributed by atoms with Gasteiger partial charge in [-0.15, -0.1) is 0 Å². The van der Waals surface area contributed by atoms with E-state index in [0.29, 0.717) is 11.6 Å². The van der Waals surface area contributed by atoms with Crippen molar-refractivity contribution in [2.45, 2.75) is 45.6 Å². The van der Waals surface area contributed by atoms with Crippen LogP contribution < -0.4 is 16.8 Å². The van der Waals surface area contributed by atoms with E-state index in [4.69, 9.17) is 11.5 Å². The third-order valence-corrected chi connectivity index (χ3v) is 2.57. The summed E-state index contributed by atoms with van der Waals surface area (Å²) < 4.78 is 0. The van der Waals surface area contributed by atoms with Gasteiger partial charge in [0.2, 0.25) is 5.91 Å². The average Bonchev–Trinajstić information content (AvgIpc) is 2.13. The number of carbonyl (C=O) groups excluding carboxylic acids is 1. The van der Waals surface area contributed by atoms with Crippen molar-refractivity contribution in [3.05, 3.63) is 11.9 Å². The zero-order valence-electron chi connectivity index (χ0n) is 11.3. The van der Waals surface area contributed by atoms with Gasteiger partial charge >= 0.3 is 0 Å². The van der Waals surface area contributed by atoms with Gasteiger partial charge in [0.15, 0.2) is 0 Å². The molecule has 6 heteroatoms. The molecule has 0 aromatic carbocycles. The zero-order valence-corrected chi connectivity index (χ0v) is 11.3. The molecule has 100 valence electrons. The third-order valence-electron chi connectivity index (χ3n) is 2.57. The summed E-state index contributed by atoms with van der Waals surface area (Å²) in [6, 6.07) is 0. The summed E-state index contributed by atoms with van der Waals surface area (Å²) in [6.07, 6.45) is 1.62. The summed E-state index contributed by atoms with van der Waals surface area (Å²) in [5.74, 6) is 0.944. The Morgan fingerprint density at radius 2 is 2.06 bits per heavy atom. The van der Waals surface area contributed by atoms with Gasteiger partial charge < -0.3 is 16.8 Å². The molecule has 1 aromatic heterocycles. The Morgan fingerprint density at radius 1 is 1.44 bits per heavy atom. The first kappa shape index (κ1) is 14.2. The second-order valence-corrected chi connectivity index (χ2v) is 5.33. The van der Waals surface area contributed by atoms with Gasteiger partial charge in [0.05, 0.1) is 0 Å². The number of carbonyl (C=O) groups is 1. The molecule has 0 aliphatic carbocycles. The molecule has 0 unspecified atom stereocenters. The van der Waals surface area contributed by atoms with Gasteiger partial charge in [-0.05, 0) is 19.8 Å². The van der Waals surface area contributed by atoms with Gasteiger partial charge in [0.1, 0.15) is 18.0 Å². The Morgan fingerprint density at radius 3 is 2.56 bits per heavy atom. The summed E-state index contributed by atoms with van der Waals surface area (Å²) in [4.78, 5) is 19.2. The maximum absolute atomic E-state index is 11.0. The lowest BCUT2D eigenvalue weighted by molar-refractivity contribution is -0.118. The molecule has 6 nitrogen and oxygen atoms in total. The molecule has 0 aliphatic rings. The molecule has 0 fully saturated rings. The Kier molecular flexibility index (Phi) is 4.11. The molecule has 0 spiro atoms. The fraction of sp³-hybridized carbons (Fsp3) is 0.583. The highest BCUT2D eigenvalue weighted by Gasteiger charge is 2.23. The van der Waals surface area contributed by atoms with E-state index in [1.54, 1.807) is 0 Å². The molecule has 0 bridgehead atoms. The molecular weight excluding hydrogens is 230 g/mol. The molecule has 1 aromatic rings. The number of hydrogen-bond donors (Lipinski definition) is 3. The molecule has 0 atom stereocenters. The fourth-order valence-corrected chi connectivity index (χ4v) is 1.88. The predicted molar refractivity (Wildman–Crippen MR) is 72.0 cm³/mol. The number of hydrogen-bond acceptors (Lipinski definition) is 5. The number of primary amides is 1. The van der Waals surface area contributed by atoms with Crippen molar-refractivity contribution < 1.29 is 4.79 Å². The van der Waals surface area contributed by atoms with Gasteiger partial charge in [-0.2, -0.15) is 0 Å². The highest BCUT2D eigenvalue weighted by molar-refractivity contribution is 5.75. The van der Waals surface area contributed by atoms with Crippen molar-refractivity contribution in [2.24, 2.45) is 5.73 Å². The van der Waals surface area contributed by atoms with Crippen molar-refractivity contribution >= 4 is 17.5 Å². The topological polar surface area (TPSA) is 107 Å². The van der Waals surface area contributed by atoms with Crippen LogP contribution in [0.1, 0.15) is 45.6 Å². The molecule has 1 rings (SSSR count). The number of rotatable bonds is 5. The van der Waals surface area contributed by atoms with E-state index in [2.05, 4.69) is 15.3 Å². The molecule has 1 heterocycles. The molecule has 1 amide bonds. The first-order valence-corrected chi connectivity index (χ1v) is 5.90. The first-order chi connectivity index (χ1) is 8.23. The van der Waals surface area contributed by atoms with Crippen LogP contribution in [-0.4, -0.2) is 21.4 Å². The quantitative estimate of drug-likeness (QED) is 0.730. The molecule has 18 heavy (non-hydrogen) atoms. The largest absolute Gasteiger partial charge is 0.383 e. The average molecular weight is 251 g/mol. The standard InChI is InChI=1S/C12H21N5O/c1-7(2)9-10(14)15-6-16-11(9)17-12(3,4)5-8(13)18/h6-7H,5H2,1-4H3,(H2,13,18)(H3,14,15,16,17). The highest BCUT2D eigenvalue weighted by atomic mass is 16.1. The van der Waals surface area contributed by atoms with Crippen LogP contribution in [0, 0.1) is 0 Å². The Labute approximate surface area is 107 Å². The fourth-order valence-electron chi connectivity index (χ4n) is 1.88. The lowest BCUT2D eigenvalue weighted by atomic mass is 9.98. The van der Waals surface area contributed by atoms with Crippen molar-refractivity contribution in [3.63, 3.8) is 0 Å². The number of nitrogens with two attached hydrogens (primary N) is 2. The molecule has 5 N–H and O–H groups in total. The van der Waals surface area contributed by atoms with E-state index in [-0.39, 0.29) is 18.2 Å².